The lowest BCUT2D eigenvalue weighted by molar-refractivity contribution is 1.18. The Morgan fingerprint density at radius 2 is 0.883 bits per heavy atom. The summed E-state index contributed by atoms with van der Waals surface area (Å²) in [7, 11) is 0. The van der Waals surface area contributed by atoms with Gasteiger partial charge in [0.05, 0.1) is 39.0 Å². The van der Waals surface area contributed by atoms with Crippen LogP contribution in [-0.4, -0.2) is 24.1 Å². The molecule has 5 heterocycles. The van der Waals surface area contributed by atoms with Gasteiger partial charge in [-0.1, -0.05) is 97.1 Å². The maximum absolute atomic E-state index is 5.37. The van der Waals surface area contributed by atoms with Crippen LogP contribution in [0.5, 0.6) is 0 Å². The second-order valence-electron chi connectivity index (χ2n) is 15.3. The van der Waals surface area contributed by atoms with Gasteiger partial charge in [0.25, 0.3) is 0 Å². The maximum Gasteiger partial charge on any atom is 0.0717 e. The van der Waals surface area contributed by atoms with Gasteiger partial charge in [0.15, 0.2) is 0 Å². The van der Waals surface area contributed by atoms with E-state index in [9.17, 15) is 0 Å². The van der Waals surface area contributed by atoms with Crippen LogP contribution in [0.2, 0.25) is 0 Å². The molecule has 5 aromatic heterocycles. The Kier molecular flexibility index (Phi) is 7.78. The summed E-state index contributed by atoms with van der Waals surface area (Å²) in [5, 5.41) is 5.93. The van der Waals surface area contributed by atoms with Crippen molar-refractivity contribution in [2.75, 3.05) is 0 Å². The maximum atomic E-state index is 5.37. The molecule has 280 valence electrons. The average Bonchev–Trinajstić information content (AvgIpc) is 3.84. The molecular weight excluding hydrogens is 731 g/mol. The highest BCUT2D eigenvalue weighted by atomic mass is 15.0. The molecule has 5 heteroatoms. The van der Waals surface area contributed by atoms with Crippen LogP contribution in [0.15, 0.2) is 213 Å². The normalized spacial score (nSPS) is 11.7. The fourth-order valence-corrected chi connectivity index (χ4v) is 9.03. The van der Waals surface area contributed by atoms with Gasteiger partial charge in [-0.05, 0) is 114 Å². The Bertz CT molecular complexity index is 3570. The lowest BCUT2D eigenvalue weighted by atomic mass is 9.95. The van der Waals surface area contributed by atoms with Crippen molar-refractivity contribution >= 4 is 54.5 Å². The number of benzene rings is 7. The summed E-state index contributed by atoms with van der Waals surface area (Å²) in [5.41, 5.74) is 16.2. The van der Waals surface area contributed by atoms with Crippen molar-refractivity contribution in [2.45, 2.75) is 0 Å². The van der Waals surface area contributed by atoms with Gasteiger partial charge in [-0.25, -0.2) is 4.98 Å². The van der Waals surface area contributed by atoms with Crippen LogP contribution in [0.1, 0.15) is 0 Å². The van der Waals surface area contributed by atoms with E-state index in [1.54, 1.807) is 6.20 Å². The van der Waals surface area contributed by atoms with Crippen molar-refractivity contribution in [3.05, 3.63) is 213 Å². The minimum Gasteiger partial charge on any atom is -0.309 e. The van der Waals surface area contributed by atoms with E-state index >= 15 is 0 Å². The molecule has 0 saturated carbocycles. The molecule has 0 N–H and O–H groups in total. The first-order valence-electron chi connectivity index (χ1n) is 20.2. The van der Waals surface area contributed by atoms with Crippen molar-refractivity contribution in [1.82, 2.24) is 24.1 Å². The van der Waals surface area contributed by atoms with Crippen molar-refractivity contribution in [3.63, 3.8) is 0 Å². The zero-order valence-corrected chi connectivity index (χ0v) is 32.4. The molecule has 0 bridgehead atoms. The number of aromatic nitrogens is 5. The van der Waals surface area contributed by atoms with Crippen LogP contribution in [0, 0.1) is 0 Å². The molecule has 0 unspecified atom stereocenters. The Morgan fingerprint density at radius 3 is 1.50 bits per heavy atom. The summed E-state index contributed by atoms with van der Waals surface area (Å²) in [6.45, 7) is 0. The number of fused-ring (bicyclic) bond motifs is 7. The lowest BCUT2D eigenvalue weighted by Gasteiger charge is -2.13. The van der Waals surface area contributed by atoms with E-state index in [0.717, 1.165) is 72.6 Å². The predicted molar refractivity (Wildman–Crippen MR) is 248 cm³/mol. The van der Waals surface area contributed by atoms with Crippen molar-refractivity contribution in [1.29, 1.82) is 0 Å². The third-order valence-corrected chi connectivity index (χ3v) is 11.8. The first-order chi connectivity index (χ1) is 29.7. The van der Waals surface area contributed by atoms with Gasteiger partial charge in [-0.3, -0.25) is 9.97 Å². The standard InChI is InChI=1S/C55H35N5/c1-3-13-41(14-4-1)59-52-19-9-7-17-43(52)47-31-37(23-27-54(47)59)36-21-26-50-46(30-36)45(39-22-25-49(57-35-39)40-12-11-29-56-34-40)33-51(58-50)38-24-28-55-48(32-38)44-18-8-10-20-53(44)60(55)42-15-5-2-6-16-42/h1-35H. The largest absolute Gasteiger partial charge is 0.309 e. The third kappa shape index (κ3) is 5.52. The van der Waals surface area contributed by atoms with Crippen molar-refractivity contribution in [2.24, 2.45) is 0 Å². The molecule has 0 radical (unpaired) electrons. The molecule has 0 atom stereocenters. The zero-order chi connectivity index (χ0) is 39.6. The number of para-hydroxylation sites is 4. The molecule has 0 aliphatic rings. The SMILES string of the molecule is c1ccc(-n2c3ccccc3c3cc(-c4ccc5nc(-c6ccc7c(c6)c6ccccc6n7-c6ccccc6)cc(-c6ccc(-c7cccnc7)nc6)c5c4)ccc32)cc1. The van der Waals surface area contributed by atoms with Gasteiger partial charge >= 0.3 is 0 Å². The van der Waals surface area contributed by atoms with E-state index in [-0.39, 0.29) is 0 Å². The number of rotatable bonds is 6. The van der Waals surface area contributed by atoms with E-state index in [4.69, 9.17) is 9.97 Å². The second kappa shape index (κ2) is 13.8. The van der Waals surface area contributed by atoms with E-state index in [1.807, 2.05) is 24.5 Å². The topological polar surface area (TPSA) is 48.5 Å². The highest BCUT2D eigenvalue weighted by molar-refractivity contribution is 6.12. The number of nitrogens with zero attached hydrogens (tertiary/aromatic N) is 5. The minimum absolute atomic E-state index is 0.884. The highest BCUT2D eigenvalue weighted by Gasteiger charge is 2.18. The highest BCUT2D eigenvalue weighted by Crippen LogP contribution is 2.40. The number of hydrogen-bond acceptors (Lipinski definition) is 3. The first-order valence-corrected chi connectivity index (χ1v) is 20.2. The van der Waals surface area contributed by atoms with Gasteiger partial charge in [0, 0.05) is 73.6 Å². The van der Waals surface area contributed by atoms with Crippen LogP contribution in [0.3, 0.4) is 0 Å². The summed E-state index contributed by atoms with van der Waals surface area (Å²) < 4.78 is 4.71. The van der Waals surface area contributed by atoms with E-state index in [2.05, 4.69) is 196 Å². The minimum atomic E-state index is 0.884. The second-order valence-corrected chi connectivity index (χ2v) is 15.3. The molecule has 5 nitrogen and oxygen atoms in total. The first kappa shape index (κ1) is 33.9. The van der Waals surface area contributed by atoms with Gasteiger partial charge in [0.2, 0.25) is 0 Å². The Hall–Kier alpha value is -8.15. The smallest absolute Gasteiger partial charge is 0.0717 e. The zero-order valence-electron chi connectivity index (χ0n) is 32.4. The fourth-order valence-electron chi connectivity index (χ4n) is 9.03. The summed E-state index contributed by atoms with van der Waals surface area (Å²) in [4.78, 5) is 14.6. The molecule has 60 heavy (non-hydrogen) atoms. The fraction of sp³-hybridized carbons (Fsp3) is 0. The van der Waals surface area contributed by atoms with Crippen LogP contribution < -0.4 is 0 Å². The Labute approximate surface area is 346 Å². The van der Waals surface area contributed by atoms with Crippen LogP contribution in [0.25, 0.3) is 111 Å². The van der Waals surface area contributed by atoms with Crippen LogP contribution in [-0.2, 0) is 0 Å². The average molecular weight is 766 g/mol. The summed E-state index contributed by atoms with van der Waals surface area (Å²) in [6, 6.07) is 69.3. The molecule has 0 aliphatic carbocycles. The quantitative estimate of drug-likeness (QED) is 0.169. The monoisotopic (exact) mass is 765 g/mol. The van der Waals surface area contributed by atoms with Crippen LogP contribution in [0.4, 0.5) is 0 Å². The van der Waals surface area contributed by atoms with Gasteiger partial charge in [0.1, 0.15) is 0 Å². The molecule has 0 aliphatic heterocycles. The summed E-state index contributed by atoms with van der Waals surface area (Å²) >= 11 is 0. The lowest BCUT2D eigenvalue weighted by Crippen LogP contribution is -1.94. The molecule has 0 saturated heterocycles. The molecule has 0 spiro atoms. The molecular formula is C55H35N5. The molecule has 12 aromatic rings. The predicted octanol–water partition coefficient (Wildman–Crippen LogP) is 13.9. The molecule has 7 aromatic carbocycles. The Morgan fingerprint density at radius 1 is 0.333 bits per heavy atom. The van der Waals surface area contributed by atoms with Gasteiger partial charge < -0.3 is 9.13 Å². The Balaban J connectivity index is 1.03. The summed E-state index contributed by atoms with van der Waals surface area (Å²) in [5.74, 6) is 0. The molecule has 0 fully saturated rings. The summed E-state index contributed by atoms with van der Waals surface area (Å²) in [6.07, 6.45) is 5.62. The number of pyridine rings is 3. The van der Waals surface area contributed by atoms with Crippen LogP contribution >= 0.6 is 0 Å². The van der Waals surface area contributed by atoms with E-state index in [0.29, 0.717) is 0 Å². The van der Waals surface area contributed by atoms with E-state index < -0.39 is 0 Å². The molecule has 0 amide bonds. The van der Waals surface area contributed by atoms with Gasteiger partial charge in [-0.15, -0.1) is 0 Å². The van der Waals surface area contributed by atoms with Gasteiger partial charge in [-0.2, -0.15) is 0 Å². The molecule has 12 rings (SSSR count). The van der Waals surface area contributed by atoms with E-state index in [1.165, 1.54) is 38.1 Å². The number of hydrogen-bond donors (Lipinski definition) is 0. The van der Waals surface area contributed by atoms with Crippen molar-refractivity contribution in [3.8, 4) is 56.1 Å². The van der Waals surface area contributed by atoms with Crippen molar-refractivity contribution < 1.29 is 0 Å². The third-order valence-electron chi connectivity index (χ3n) is 11.8.